The highest BCUT2D eigenvalue weighted by Gasteiger charge is 2.31. The maximum Gasteiger partial charge on any atom is 0.313 e. The second kappa shape index (κ2) is 21.7. The molecule has 0 saturated carbocycles. The SMILES string of the molecule is CC(C)c1ccc(-c2nnn(CC(C)(C)C(=O)NCc3ccccc3Cl)n2)cc1.COC(=O)C(C)(C)Cn1nnc(-c2ccc(C(C)C)cc2)n1.NCc1ccccc1Cl. The molecule has 15 heteroatoms. The van der Waals surface area contributed by atoms with Crippen LogP contribution < -0.4 is 11.1 Å². The second-order valence-corrected chi connectivity index (χ2v) is 17.0. The van der Waals surface area contributed by atoms with E-state index in [0.29, 0.717) is 54.7 Å². The lowest BCUT2D eigenvalue weighted by Gasteiger charge is -2.22. The van der Waals surface area contributed by atoms with E-state index in [1.807, 2.05) is 86.6 Å². The van der Waals surface area contributed by atoms with Gasteiger partial charge < -0.3 is 15.8 Å². The summed E-state index contributed by atoms with van der Waals surface area (Å²) < 4.78 is 4.79. The minimum Gasteiger partial charge on any atom is -0.469 e. The highest BCUT2D eigenvalue weighted by Crippen LogP contribution is 2.24. The van der Waals surface area contributed by atoms with E-state index >= 15 is 0 Å². The van der Waals surface area contributed by atoms with Crippen molar-refractivity contribution in [2.24, 2.45) is 16.6 Å². The Morgan fingerprint density at radius 3 is 1.47 bits per heavy atom. The third-order valence-electron chi connectivity index (χ3n) is 9.58. The Morgan fingerprint density at radius 1 is 0.667 bits per heavy atom. The Bertz CT molecular complexity index is 2290. The molecule has 6 aromatic rings. The van der Waals surface area contributed by atoms with Gasteiger partial charge in [-0.1, -0.05) is 136 Å². The van der Waals surface area contributed by atoms with Crippen molar-refractivity contribution in [3.8, 4) is 22.8 Å². The molecule has 0 fully saturated rings. The van der Waals surface area contributed by atoms with Crippen LogP contribution in [0.5, 0.6) is 0 Å². The molecule has 4 aromatic carbocycles. The lowest BCUT2D eigenvalue weighted by molar-refractivity contribution is -0.151. The van der Waals surface area contributed by atoms with E-state index in [-0.39, 0.29) is 11.9 Å². The predicted octanol–water partition coefficient (Wildman–Crippen LogP) is 8.92. The molecule has 0 aliphatic heterocycles. The van der Waals surface area contributed by atoms with E-state index < -0.39 is 10.8 Å². The van der Waals surface area contributed by atoms with Gasteiger partial charge in [0.15, 0.2) is 0 Å². The van der Waals surface area contributed by atoms with Crippen molar-refractivity contribution in [1.82, 2.24) is 45.7 Å². The Morgan fingerprint density at radius 2 is 1.08 bits per heavy atom. The standard InChI is InChI=1S/C22H26ClN5O.C16H22N4O2.C7H8ClN/c1-15(2)16-9-11-17(12-10-16)20-25-27-28(26-20)14-22(3,4)21(29)24-13-18-7-5-6-8-19(18)23;1-11(2)12-6-8-13(9-7-12)14-17-19-20(18-14)10-16(3,4)15(21)22-5;8-7-4-2-1-3-6(7)5-9/h5-12,15H,13-14H2,1-4H3,(H,24,29);6-9,11H,10H2,1-5H3;1-4H,5,9H2. The fourth-order valence-corrected chi connectivity index (χ4v) is 6.14. The molecule has 2 aromatic heterocycles. The Labute approximate surface area is 363 Å². The number of esters is 1. The summed E-state index contributed by atoms with van der Waals surface area (Å²) in [7, 11) is 1.38. The number of hydrogen-bond donors (Lipinski definition) is 2. The van der Waals surface area contributed by atoms with E-state index in [0.717, 1.165) is 27.3 Å². The molecule has 2 heterocycles. The van der Waals surface area contributed by atoms with E-state index in [4.69, 9.17) is 33.7 Å². The average molecular weight is 856 g/mol. The van der Waals surface area contributed by atoms with Gasteiger partial charge in [0.1, 0.15) is 0 Å². The summed E-state index contributed by atoms with van der Waals surface area (Å²) >= 11 is 11.9. The molecule has 13 nitrogen and oxygen atoms in total. The van der Waals surface area contributed by atoms with Gasteiger partial charge in [-0.25, -0.2) is 0 Å². The Kier molecular flexibility index (Phi) is 17.0. The van der Waals surface area contributed by atoms with Crippen LogP contribution >= 0.6 is 23.2 Å². The fraction of sp³-hybridized carbons (Fsp3) is 0.378. The summed E-state index contributed by atoms with van der Waals surface area (Å²) in [6.07, 6.45) is 0. The largest absolute Gasteiger partial charge is 0.469 e. The maximum atomic E-state index is 12.7. The van der Waals surface area contributed by atoms with Crippen molar-refractivity contribution >= 4 is 35.1 Å². The Balaban J connectivity index is 0.000000224. The molecule has 3 N–H and O–H groups in total. The summed E-state index contributed by atoms with van der Waals surface area (Å²) in [6, 6.07) is 31.3. The minimum atomic E-state index is -0.708. The molecule has 0 bridgehead atoms. The van der Waals surface area contributed by atoms with Crippen molar-refractivity contribution in [2.45, 2.75) is 93.4 Å². The lowest BCUT2D eigenvalue weighted by atomic mass is 9.92. The smallest absolute Gasteiger partial charge is 0.313 e. The number of tetrazole rings is 2. The van der Waals surface area contributed by atoms with Crippen molar-refractivity contribution in [2.75, 3.05) is 7.11 Å². The first-order chi connectivity index (χ1) is 28.4. The van der Waals surface area contributed by atoms with Crippen LogP contribution in [-0.2, 0) is 40.5 Å². The number of ether oxygens (including phenoxy) is 1. The van der Waals surface area contributed by atoms with Gasteiger partial charge in [0.2, 0.25) is 17.6 Å². The zero-order chi connectivity index (χ0) is 44.0. The van der Waals surface area contributed by atoms with Crippen molar-refractivity contribution < 1.29 is 14.3 Å². The number of amides is 1. The van der Waals surface area contributed by atoms with Gasteiger partial charge in [-0.2, -0.15) is 9.59 Å². The van der Waals surface area contributed by atoms with Crippen LogP contribution in [0.25, 0.3) is 22.8 Å². The highest BCUT2D eigenvalue weighted by atomic mass is 35.5. The van der Waals surface area contributed by atoms with Crippen molar-refractivity contribution in [1.29, 1.82) is 0 Å². The summed E-state index contributed by atoms with van der Waals surface area (Å²) in [5.41, 5.74) is 10.2. The molecule has 60 heavy (non-hydrogen) atoms. The van der Waals surface area contributed by atoms with Crippen molar-refractivity contribution in [3.63, 3.8) is 0 Å². The molecule has 0 aliphatic rings. The normalized spacial score (nSPS) is 11.4. The lowest BCUT2D eigenvalue weighted by Crippen LogP contribution is -2.39. The molecule has 0 atom stereocenters. The average Bonchev–Trinajstić information content (AvgIpc) is 3.90. The zero-order valence-electron chi connectivity index (χ0n) is 35.9. The number of carbonyl (C=O) groups excluding carboxylic acids is 2. The monoisotopic (exact) mass is 854 g/mol. The molecular formula is C45H56Cl2N10O3. The van der Waals surface area contributed by atoms with Gasteiger partial charge >= 0.3 is 5.97 Å². The van der Waals surface area contributed by atoms with Crippen molar-refractivity contribution in [3.05, 3.63) is 129 Å². The predicted molar refractivity (Wildman–Crippen MR) is 237 cm³/mol. The van der Waals surface area contributed by atoms with E-state index in [9.17, 15) is 9.59 Å². The fourth-order valence-electron chi connectivity index (χ4n) is 5.73. The van der Waals surface area contributed by atoms with Crippen LogP contribution in [-0.4, -0.2) is 59.4 Å². The number of nitrogens with zero attached hydrogens (tertiary/aromatic N) is 8. The van der Waals surface area contributed by atoms with Gasteiger partial charge in [0.05, 0.1) is 31.0 Å². The van der Waals surface area contributed by atoms with Gasteiger partial charge in [0.25, 0.3) is 0 Å². The van der Waals surface area contributed by atoms with E-state index in [1.54, 1.807) is 13.8 Å². The first-order valence-electron chi connectivity index (χ1n) is 19.7. The molecule has 1 amide bonds. The number of hydrogen-bond acceptors (Lipinski definition) is 10. The summed E-state index contributed by atoms with van der Waals surface area (Å²) in [4.78, 5) is 27.3. The van der Waals surface area contributed by atoms with Crippen LogP contribution in [0.4, 0.5) is 0 Å². The van der Waals surface area contributed by atoms with Gasteiger partial charge in [-0.05, 0) is 84.3 Å². The van der Waals surface area contributed by atoms with Crippen LogP contribution in [0.3, 0.4) is 0 Å². The number of benzene rings is 4. The number of nitrogens with two attached hydrogens (primary N) is 1. The first-order valence-corrected chi connectivity index (χ1v) is 20.5. The van der Waals surface area contributed by atoms with Crippen LogP contribution in [0, 0.1) is 10.8 Å². The summed E-state index contributed by atoms with van der Waals surface area (Å²) in [6.45, 7) is 17.4. The second-order valence-electron chi connectivity index (χ2n) is 16.2. The number of carbonyl (C=O) groups is 2. The van der Waals surface area contributed by atoms with E-state index in [1.165, 1.54) is 27.8 Å². The highest BCUT2D eigenvalue weighted by molar-refractivity contribution is 6.31. The number of aromatic nitrogens is 8. The molecule has 0 spiro atoms. The number of methoxy groups -OCH3 is 1. The number of rotatable bonds is 13. The molecule has 0 radical (unpaired) electrons. The zero-order valence-corrected chi connectivity index (χ0v) is 37.4. The summed E-state index contributed by atoms with van der Waals surface area (Å²) in [5, 5.41) is 29.5. The third kappa shape index (κ3) is 13.5. The molecule has 0 saturated heterocycles. The summed E-state index contributed by atoms with van der Waals surface area (Å²) in [5.74, 6) is 1.66. The minimum absolute atomic E-state index is 0.0995. The topological polar surface area (TPSA) is 169 Å². The molecule has 318 valence electrons. The third-order valence-corrected chi connectivity index (χ3v) is 10.3. The van der Waals surface area contributed by atoms with Gasteiger partial charge in [0, 0.05) is 34.3 Å². The van der Waals surface area contributed by atoms with Gasteiger partial charge in [-0.15, -0.1) is 20.4 Å². The quantitative estimate of drug-likeness (QED) is 0.107. The first kappa shape index (κ1) is 47.2. The maximum absolute atomic E-state index is 12.7. The van der Waals surface area contributed by atoms with Crippen LogP contribution in [0.15, 0.2) is 97.1 Å². The van der Waals surface area contributed by atoms with E-state index in [2.05, 4.69) is 88.1 Å². The van der Waals surface area contributed by atoms with Crippen LogP contribution in [0.2, 0.25) is 10.0 Å². The molecule has 0 aliphatic carbocycles. The Hall–Kier alpha value is -5.50. The molecular weight excluding hydrogens is 799 g/mol. The van der Waals surface area contributed by atoms with Crippen LogP contribution in [0.1, 0.15) is 89.5 Å². The van der Waals surface area contributed by atoms with Gasteiger partial charge in [-0.3, -0.25) is 9.59 Å². The number of nitrogens with one attached hydrogen (secondary N) is 1. The molecule has 0 unspecified atom stereocenters. The molecule has 6 rings (SSSR count). The number of halogens is 2.